The summed E-state index contributed by atoms with van der Waals surface area (Å²) in [6.07, 6.45) is 6.59. The lowest BCUT2D eigenvalue weighted by molar-refractivity contribution is 0.0527. The van der Waals surface area contributed by atoms with Crippen LogP contribution in [0.5, 0.6) is 0 Å². The molecule has 5 heteroatoms. The Kier molecular flexibility index (Phi) is 5.29. The van der Waals surface area contributed by atoms with Crippen LogP contribution in [0.25, 0.3) is 0 Å². The first-order valence-electron chi connectivity index (χ1n) is 7.20. The van der Waals surface area contributed by atoms with Crippen molar-refractivity contribution in [2.24, 2.45) is 5.92 Å². The zero-order valence-electron chi connectivity index (χ0n) is 12.1. The number of nitrogens with zero attached hydrogens (tertiary/aromatic N) is 1. The van der Waals surface area contributed by atoms with Crippen molar-refractivity contribution >= 4 is 23.4 Å². The number of aromatic nitrogens is 1. The first-order valence-corrected chi connectivity index (χ1v) is 8.08. The Hall–Kier alpha value is -1.23. The van der Waals surface area contributed by atoms with Crippen molar-refractivity contribution in [3.05, 3.63) is 17.8 Å². The Morgan fingerprint density at radius 3 is 3.05 bits per heavy atom. The number of rotatable bonds is 4. The highest BCUT2D eigenvalue weighted by Gasteiger charge is 2.22. The van der Waals surface area contributed by atoms with Gasteiger partial charge in [0.05, 0.1) is 17.9 Å². The molecule has 1 fully saturated rings. The summed E-state index contributed by atoms with van der Waals surface area (Å²) in [6, 6.07) is 1.63. The summed E-state index contributed by atoms with van der Waals surface area (Å²) in [5.41, 5.74) is 6.96. The standard InChI is InChI=1S/C15H22N2O2S/c1-3-19-15(18)12-7-8-17-14(13(12)16)20-11-6-4-5-10(2)9-11/h7-8,10-11H,3-6,9,16H2,1-2H3. The second-order valence-corrected chi connectivity index (χ2v) is 6.60. The summed E-state index contributed by atoms with van der Waals surface area (Å²) in [6.45, 7) is 4.43. The summed E-state index contributed by atoms with van der Waals surface area (Å²) >= 11 is 1.70. The molecule has 1 aromatic rings. The highest BCUT2D eigenvalue weighted by atomic mass is 32.2. The molecule has 1 saturated carbocycles. The van der Waals surface area contributed by atoms with E-state index in [0.717, 1.165) is 10.9 Å². The molecule has 1 aliphatic carbocycles. The van der Waals surface area contributed by atoms with E-state index in [1.54, 1.807) is 30.9 Å². The highest BCUT2D eigenvalue weighted by Crippen LogP contribution is 2.38. The number of anilines is 1. The number of thioether (sulfide) groups is 1. The van der Waals surface area contributed by atoms with Gasteiger partial charge in [-0.1, -0.05) is 19.8 Å². The number of carbonyl (C=O) groups is 1. The third kappa shape index (κ3) is 3.66. The van der Waals surface area contributed by atoms with E-state index in [4.69, 9.17) is 10.5 Å². The minimum Gasteiger partial charge on any atom is -0.462 e. The maximum absolute atomic E-state index is 11.8. The van der Waals surface area contributed by atoms with E-state index in [2.05, 4.69) is 11.9 Å². The van der Waals surface area contributed by atoms with Gasteiger partial charge in [0, 0.05) is 11.4 Å². The smallest absolute Gasteiger partial charge is 0.340 e. The van der Waals surface area contributed by atoms with Gasteiger partial charge in [0.15, 0.2) is 0 Å². The van der Waals surface area contributed by atoms with Gasteiger partial charge in [-0.3, -0.25) is 0 Å². The van der Waals surface area contributed by atoms with Crippen LogP contribution in [0.2, 0.25) is 0 Å². The van der Waals surface area contributed by atoms with E-state index < -0.39 is 0 Å². The number of hydrogen-bond donors (Lipinski definition) is 1. The van der Waals surface area contributed by atoms with Gasteiger partial charge in [-0.2, -0.15) is 0 Å². The second kappa shape index (κ2) is 6.97. The zero-order valence-corrected chi connectivity index (χ0v) is 12.9. The Morgan fingerprint density at radius 1 is 1.55 bits per heavy atom. The van der Waals surface area contributed by atoms with Crippen LogP contribution in [0.15, 0.2) is 17.3 Å². The van der Waals surface area contributed by atoms with Crippen molar-refractivity contribution in [3.63, 3.8) is 0 Å². The quantitative estimate of drug-likeness (QED) is 0.861. The molecule has 0 saturated heterocycles. The summed E-state index contributed by atoms with van der Waals surface area (Å²) in [7, 11) is 0. The van der Waals surface area contributed by atoms with Gasteiger partial charge < -0.3 is 10.5 Å². The number of hydrogen-bond acceptors (Lipinski definition) is 5. The Labute approximate surface area is 124 Å². The van der Waals surface area contributed by atoms with Crippen molar-refractivity contribution in [1.29, 1.82) is 0 Å². The Morgan fingerprint density at radius 2 is 2.35 bits per heavy atom. The third-order valence-corrected chi connectivity index (χ3v) is 4.93. The first kappa shape index (κ1) is 15.2. The average molecular weight is 294 g/mol. The van der Waals surface area contributed by atoms with E-state index in [-0.39, 0.29) is 5.97 Å². The molecule has 0 amide bonds. The van der Waals surface area contributed by atoms with Crippen molar-refractivity contribution < 1.29 is 9.53 Å². The molecule has 1 aliphatic rings. The van der Waals surface area contributed by atoms with Crippen LogP contribution in [0.1, 0.15) is 49.9 Å². The average Bonchev–Trinajstić information content (AvgIpc) is 2.41. The fourth-order valence-electron chi connectivity index (χ4n) is 2.58. The third-order valence-electron chi connectivity index (χ3n) is 3.62. The molecule has 4 nitrogen and oxygen atoms in total. The number of ether oxygens (including phenoxy) is 1. The topological polar surface area (TPSA) is 65.2 Å². The van der Waals surface area contributed by atoms with Gasteiger partial charge in [-0.25, -0.2) is 9.78 Å². The van der Waals surface area contributed by atoms with Gasteiger partial charge in [0.25, 0.3) is 0 Å². The minimum absolute atomic E-state index is 0.350. The van der Waals surface area contributed by atoms with Gasteiger partial charge in [-0.05, 0) is 31.7 Å². The van der Waals surface area contributed by atoms with Crippen molar-refractivity contribution in [2.45, 2.75) is 49.8 Å². The molecule has 0 bridgehead atoms. The van der Waals surface area contributed by atoms with Crippen LogP contribution < -0.4 is 5.73 Å². The summed E-state index contributed by atoms with van der Waals surface area (Å²) in [4.78, 5) is 16.2. The van der Waals surface area contributed by atoms with Crippen molar-refractivity contribution in [3.8, 4) is 0 Å². The molecule has 1 aromatic heterocycles. The van der Waals surface area contributed by atoms with Crippen LogP contribution in [-0.2, 0) is 4.74 Å². The molecule has 2 N–H and O–H groups in total. The molecule has 20 heavy (non-hydrogen) atoms. The maximum atomic E-state index is 11.8. The minimum atomic E-state index is -0.369. The van der Waals surface area contributed by atoms with Crippen LogP contribution in [0, 0.1) is 5.92 Å². The van der Waals surface area contributed by atoms with Crippen LogP contribution in [-0.4, -0.2) is 22.8 Å². The highest BCUT2D eigenvalue weighted by molar-refractivity contribution is 8.00. The fourth-order valence-corrected chi connectivity index (χ4v) is 3.96. The first-order chi connectivity index (χ1) is 9.61. The molecule has 0 aliphatic heterocycles. The predicted octanol–water partition coefficient (Wildman–Crippen LogP) is 3.51. The number of nitrogen functional groups attached to an aromatic ring is 1. The van der Waals surface area contributed by atoms with Gasteiger partial charge in [-0.15, -0.1) is 11.8 Å². The fraction of sp³-hybridized carbons (Fsp3) is 0.600. The Balaban J connectivity index is 2.12. The summed E-state index contributed by atoms with van der Waals surface area (Å²) in [5.74, 6) is 0.391. The normalized spacial score (nSPS) is 22.5. The van der Waals surface area contributed by atoms with Gasteiger partial charge in [0.2, 0.25) is 0 Å². The van der Waals surface area contributed by atoms with Crippen molar-refractivity contribution in [2.75, 3.05) is 12.3 Å². The monoisotopic (exact) mass is 294 g/mol. The SMILES string of the molecule is CCOC(=O)c1ccnc(SC2CCCC(C)C2)c1N. The largest absolute Gasteiger partial charge is 0.462 e. The van der Waals surface area contributed by atoms with Crippen LogP contribution in [0.3, 0.4) is 0 Å². The molecule has 2 atom stereocenters. The lowest BCUT2D eigenvalue weighted by Crippen LogP contribution is -2.16. The van der Waals surface area contributed by atoms with Crippen LogP contribution in [0.4, 0.5) is 5.69 Å². The molecule has 110 valence electrons. The molecular weight excluding hydrogens is 272 g/mol. The van der Waals surface area contributed by atoms with Gasteiger partial charge >= 0.3 is 5.97 Å². The van der Waals surface area contributed by atoms with E-state index >= 15 is 0 Å². The van der Waals surface area contributed by atoms with E-state index in [1.807, 2.05) is 0 Å². The van der Waals surface area contributed by atoms with E-state index in [9.17, 15) is 4.79 Å². The number of esters is 1. The zero-order chi connectivity index (χ0) is 14.5. The molecular formula is C15H22N2O2S. The second-order valence-electron chi connectivity index (χ2n) is 5.31. The van der Waals surface area contributed by atoms with E-state index in [1.165, 1.54) is 25.7 Å². The molecule has 2 unspecified atom stereocenters. The summed E-state index contributed by atoms with van der Waals surface area (Å²) < 4.78 is 5.01. The lowest BCUT2D eigenvalue weighted by atomic mass is 9.91. The molecule has 0 aromatic carbocycles. The predicted molar refractivity (Wildman–Crippen MR) is 81.9 cm³/mol. The number of pyridine rings is 1. The number of nitrogens with two attached hydrogens (primary N) is 1. The molecule has 0 radical (unpaired) electrons. The van der Waals surface area contributed by atoms with E-state index in [0.29, 0.717) is 23.1 Å². The molecule has 0 spiro atoms. The lowest BCUT2D eigenvalue weighted by Gasteiger charge is -2.26. The van der Waals surface area contributed by atoms with Crippen LogP contribution >= 0.6 is 11.8 Å². The summed E-state index contributed by atoms with van der Waals surface area (Å²) in [5, 5.41) is 1.31. The molecule has 1 heterocycles. The Bertz CT molecular complexity index is 479. The van der Waals surface area contributed by atoms with Crippen molar-refractivity contribution in [1.82, 2.24) is 4.98 Å². The number of carbonyl (C=O) groups excluding carboxylic acids is 1. The maximum Gasteiger partial charge on any atom is 0.340 e. The molecule has 2 rings (SSSR count). The van der Waals surface area contributed by atoms with Gasteiger partial charge in [0.1, 0.15) is 5.03 Å².